The number of hydrogen-bond acceptors (Lipinski definition) is 4. The molecule has 1 amide bonds. The van der Waals surface area contributed by atoms with Gasteiger partial charge >= 0.3 is 0 Å². The van der Waals surface area contributed by atoms with E-state index in [9.17, 15) is 4.79 Å². The molecule has 0 aliphatic carbocycles. The number of amides is 1. The predicted molar refractivity (Wildman–Crippen MR) is 102 cm³/mol. The molecule has 0 saturated heterocycles. The summed E-state index contributed by atoms with van der Waals surface area (Å²) in [6.07, 6.45) is 2.08. The van der Waals surface area contributed by atoms with Crippen LogP contribution in [-0.4, -0.2) is 26.2 Å². The zero-order valence-electron chi connectivity index (χ0n) is 15.7. The molecule has 0 saturated carbocycles. The van der Waals surface area contributed by atoms with Crippen molar-refractivity contribution < 1.29 is 19.0 Å². The molecule has 26 heavy (non-hydrogen) atoms. The van der Waals surface area contributed by atoms with E-state index in [1.165, 1.54) is 0 Å². The molecule has 2 rings (SSSR count). The highest BCUT2D eigenvalue weighted by Crippen LogP contribution is 2.28. The molecule has 0 unspecified atom stereocenters. The lowest BCUT2D eigenvalue weighted by Crippen LogP contribution is -2.28. The van der Waals surface area contributed by atoms with Gasteiger partial charge in [-0.15, -0.1) is 0 Å². The summed E-state index contributed by atoms with van der Waals surface area (Å²) in [4.78, 5) is 12.0. The third-order valence-corrected chi connectivity index (χ3v) is 3.93. The number of rotatable bonds is 10. The Hall–Kier alpha value is -2.69. The summed E-state index contributed by atoms with van der Waals surface area (Å²) in [6, 6.07) is 13.3. The van der Waals surface area contributed by atoms with Crippen molar-refractivity contribution >= 4 is 5.91 Å². The second-order valence-electron chi connectivity index (χ2n) is 6.02. The lowest BCUT2D eigenvalue weighted by atomic mass is 10.2. The minimum absolute atomic E-state index is 0.0137. The van der Waals surface area contributed by atoms with Crippen LogP contribution in [-0.2, 0) is 11.3 Å². The van der Waals surface area contributed by atoms with Crippen LogP contribution in [0.25, 0.3) is 0 Å². The van der Waals surface area contributed by atoms with Gasteiger partial charge in [0.05, 0.1) is 13.7 Å². The molecule has 0 aliphatic rings. The molecule has 140 valence electrons. The van der Waals surface area contributed by atoms with Crippen LogP contribution in [0.1, 0.15) is 30.9 Å². The smallest absolute Gasteiger partial charge is 0.258 e. The highest BCUT2D eigenvalue weighted by Gasteiger charge is 2.08. The first-order valence-electron chi connectivity index (χ1n) is 8.89. The minimum atomic E-state index is -0.171. The Labute approximate surface area is 155 Å². The lowest BCUT2D eigenvalue weighted by molar-refractivity contribution is -0.123. The number of unbranched alkanes of at least 4 members (excludes halogenated alkanes) is 1. The van der Waals surface area contributed by atoms with Gasteiger partial charge in [-0.2, -0.15) is 0 Å². The number of benzene rings is 2. The Morgan fingerprint density at radius 3 is 2.58 bits per heavy atom. The number of aryl methyl sites for hydroxylation is 1. The second kappa shape index (κ2) is 10.3. The molecule has 0 heterocycles. The molecule has 0 aromatic heterocycles. The van der Waals surface area contributed by atoms with Crippen LogP contribution in [0.15, 0.2) is 42.5 Å². The molecule has 0 bridgehead atoms. The Morgan fingerprint density at radius 1 is 1.04 bits per heavy atom. The van der Waals surface area contributed by atoms with Crippen LogP contribution in [0.5, 0.6) is 17.2 Å². The summed E-state index contributed by atoms with van der Waals surface area (Å²) in [7, 11) is 1.61. The summed E-state index contributed by atoms with van der Waals surface area (Å²) < 4.78 is 16.6. The van der Waals surface area contributed by atoms with Crippen LogP contribution >= 0.6 is 0 Å². The standard InChI is InChI=1S/C21H27NO4/c1-4-5-12-25-19-11-10-17(13-20(19)24-3)14-22-21(23)15-26-18-9-7-6-8-16(18)2/h6-11,13H,4-5,12,14-15H2,1-3H3,(H,22,23). The Bertz CT molecular complexity index is 715. The van der Waals surface area contributed by atoms with E-state index in [1.54, 1.807) is 7.11 Å². The highest BCUT2D eigenvalue weighted by molar-refractivity contribution is 5.77. The molecule has 2 aromatic rings. The van der Waals surface area contributed by atoms with Crippen molar-refractivity contribution in [2.24, 2.45) is 0 Å². The zero-order chi connectivity index (χ0) is 18.8. The van der Waals surface area contributed by atoms with Gasteiger partial charge in [0.25, 0.3) is 5.91 Å². The summed E-state index contributed by atoms with van der Waals surface area (Å²) >= 11 is 0. The van der Waals surface area contributed by atoms with Gasteiger partial charge in [-0.05, 0) is 42.7 Å². The predicted octanol–water partition coefficient (Wildman–Crippen LogP) is 3.88. The maximum atomic E-state index is 12.0. The number of carbonyl (C=O) groups excluding carboxylic acids is 1. The number of carbonyl (C=O) groups is 1. The molecule has 1 N–H and O–H groups in total. The average Bonchev–Trinajstić information content (AvgIpc) is 2.66. The third kappa shape index (κ3) is 5.99. The van der Waals surface area contributed by atoms with Crippen molar-refractivity contribution in [2.45, 2.75) is 33.2 Å². The Kier molecular flexibility index (Phi) is 7.80. The first-order valence-corrected chi connectivity index (χ1v) is 8.89. The molecule has 5 heteroatoms. The lowest BCUT2D eigenvalue weighted by Gasteiger charge is -2.13. The summed E-state index contributed by atoms with van der Waals surface area (Å²) in [5, 5.41) is 2.85. The van der Waals surface area contributed by atoms with Crippen LogP contribution in [0.4, 0.5) is 0 Å². The maximum absolute atomic E-state index is 12.0. The SMILES string of the molecule is CCCCOc1ccc(CNC(=O)COc2ccccc2C)cc1OC. The highest BCUT2D eigenvalue weighted by atomic mass is 16.5. The van der Waals surface area contributed by atoms with E-state index in [4.69, 9.17) is 14.2 Å². The van der Waals surface area contributed by atoms with Gasteiger partial charge in [0.1, 0.15) is 5.75 Å². The fourth-order valence-corrected chi connectivity index (χ4v) is 2.38. The quantitative estimate of drug-likeness (QED) is 0.656. The number of nitrogens with one attached hydrogen (secondary N) is 1. The first kappa shape index (κ1) is 19.6. The van der Waals surface area contributed by atoms with Gasteiger partial charge in [-0.25, -0.2) is 0 Å². The fraction of sp³-hybridized carbons (Fsp3) is 0.381. The van der Waals surface area contributed by atoms with Crippen molar-refractivity contribution in [1.82, 2.24) is 5.32 Å². The van der Waals surface area contributed by atoms with Gasteiger partial charge in [0, 0.05) is 6.54 Å². The van der Waals surface area contributed by atoms with Gasteiger partial charge in [-0.1, -0.05) is 37.6 Å². The van der Waals surface area contributed by atoms with Gasteiger partial charge in [-0.3, -0.25) is 4.79 Å². The summed E-state index contributed by atoms with van der Waals surface area (Å²) in [6.45, 7) is 5.12. The summed E-state index contributed by atoms with van der Waals surface area (Å²) in [5.74, 6) is 1.94. The monoisotopic (exact) mass is 357 g/mol. The van der Waals surface area contributed by atoms with Gasteiger partial charge in [0.2, 0.25) is 0 Å². The van der Waals surface area contributed by atoms with Crippen LogP contribution in [0.3, 0.4) is 0 Å². The van der Waals surface area contributed by atoms with Crippen molar-refractivity contribution in [2.75, 3.05) is 20.3 Å². The zero-order valence-corrected chi connectivity index (χ0v) is 15.7. The summed E-state index contributed by atoms with van der Waals surface area (Å²) in [5.41, 5.74) is 1.94. The van der Waals surface area contributed by atoms with E-state index >= 15 is 0 Å². The van der Waals surface area contributed by atoms with Crippen molar-refractivity contribution in [3.8, 4) is 17.2 Å². The van der Waals surface area contributed by atoms with Crippen LogP contribution < -0.4 is 19.5 Å². The largest absolute Gasteiger partial charge is 0.493 e. The number of para-hydroxylation sites is 1. The van der Waals surface area contributed by atoms with Crippen LogP contribution in [0.2, 0.25) is 0 Å². The van der Waals surface area contributed by atoms with Crippen molar-refractivity contribution in [1.29, 1.82) is 0 Å². The van der Waals surface area contributed by atoms with E-state index < -0.39 is 0 Å². The molecule has 2 aromatic carbocycles. The number of methoxy groups -OCH3 is 1. The minimum Gasteiger partial charge on any atom is -0.493 e. The molecular weight excluding hydrogens is 330 g/mol. The Morgan fingerprint density at radius 2 is 1.85 bits per heavy atom. The first-order chi connectivity index (χ1) is 12.6. The van der Waals surface area contributed by atoms with Gasteiger partial charge < -0.3 is 19.5 Å². The molecule has 0 radical (unpaired) electrons. The van der Waals surface area contributed by atoms with E-state index in [-0.39, 0.29) is 12.5 Å². The maximum Gasteiger partial charge on any atom is 0.258 e. The molecular formula is C21H27NO4. The number of hydrogen-bond donors (Lipinski definition) is 1. The molecule has 0 aliphatic heterocycles. The molecule has 0 spiro atoms. The van der Waals surface area contributed by atoms with Crippen LogP contribution in [0, 0.1) is 6.92 Å². The van der Waals surface area contributed by atoms with Gasteiger partial charge in [0.15, 0.2) is 18.1 Å². The van der Waals surface area contributed by atoms with Crippen molar-refractivity contribution in [3.05, 3.63) is 53.6 Å². The molecule has 0 fully saturated rings. The van der Waals surface area contributed by atoms with E-state index in [1.807, 2.05) is 49.4 Å². The fourth-order valence-electron chi connectivity index (χ4n) is 2.38. The molecule has 0 atom stereocenters. The topological polar surface area (TPSA) is 56.8 Å². The van der Waals surface area contributed by atoms with Crippen molar-refractivity contribution in [3.63, 3.8) is 0 Å². The number of ether oxygens (including phenoxy) is 3. The normalized spacial score (nSPS) is 10.3. The molecule has 5 nitrogen and oxygen atoms in total. The third-order valence-electron chi connectivity index (χ3n) is 3.93. The van der Waals surface area contributed by atoms with E-state index in [0.29, 0.717) is 18.9 Å². The van der Waals surface area contributed by atoms with E-state index in [0.717, 1.165) is 35.5 Å². The van der Waals surface area contributed by atoms with E-state index in [2.05, 4.69) is 12.2 Å². The second-order valence-corrected chi connectivity index (χ2v) is 6.02. The Balaban J connectivity index is 1.84. The average molecular weight is 357 g/mol.